The number of ether oxygens (including phenoxy) is 1. The fourth-order valence-electron chi connectivity index (χ4n) is 5.33. The molecular weight excluding hydrogens is 440 g/mol. The van der Waals surface area contributed by atoms with Crippen molar-refractivity contribution in [2.45, 2.75) is 83.3 Å². The molecule has 1 aromatic heterocycles. The largest absolute Gasteiger partial charge is 0.487 e. The third-order valence-corrected chi connectivity index (χ3v) is 7.13. The van der Waals surface area contributed by atoms with Gasteiger partial charge >= 0.3 is 0 Å². The summed E-state index contributed by atoms with van der Waals surface area (Å²) in [4.78, 5) is 39.3. The van der Waals surface area contributed by atoms with E-state index in [1.54, 1.807) is 12.3 Å². The van der Waals surface area contributed by atoms with Gasteiger partial charge in [-0.1, -0.05) is 44.7 Å². The minimum absolute atomic E-state index is 0.0404. The SMILES string of the molecule is CCCN1CCCCCCCN(C(=O)c2ccncn2)[C@@H]2CCCC[C@@H]2Oc2ccccc2C1=O. The van der Waals surface area contributed by atoms with Gasteiger partial charge in [-0.3, -0.25) is 9.59 Å². The van der Waals surface area contributed by atoms with Gasteiger partial charge in [-0.15, -0.1) is 0 Å². The first-order chi connectivity index (χ1) is 17.2. The fraction of sp³-hybridized carbons (Fsp3) is 0.571. The first-order valence-electron chi connectivity index (χ1n) is 13.3. The van der Waals surface area contributed by atoms with Crippen LogP contribution in [0.25, 0.3) is 0 Å². The number of hydrogen-bond acceptors (Lipinski definition) is 5. The summed E-state index contributed by atoms with van der Waals surface area (Å²) in [5.74, 6) is 0.606. The number of carbonyl (C=O) groups excluding carboxylic acids is 2. The second-order valence-corrected chi connectivity index (χ2v) is 9.66. The third kappa shape index (κ3) is 6.38. The van der Waals surface area contributed by atoms with Crippen LogP contribution in [0.3, 0.4) is 0 Å². The molecule has 0 unspecified atom stereocenters. The Bertz CT molecular complexity index is 968. The van der Waals surface area contributed by atoms with E-state index in [-0.39, 0.29) is 24.0 Å². The molecule has 2 amide bonds. The number of benzene rings is 1. The van der Waals surface area contributed by atoms with E-state index in [1.807, 2.05) is 34.1 Å². The summed E-state index contributed by atoms with van der Waals surface area (Å²) in [6, 6.07) is 9.24. The molecule has 1 fully saturated rings. The van der Waals surface area contributed by atoms with Gasteiger partial charge in [0.1, 0.15) is 23.9 Å². The molecule has 0 radical (unpaired) electrons. The Morgan fingerprint density at radius 3 is 2.57 bits per heavy atom. The highest BCUT2D eigenvalue weighted by molar-refractivity contribution is 5.97. The number of hydrogen-bond donors (Lipinski definition) is 0. The molecule has 188 valence electrons. The molecule has 2 atom stereocenters. The third-order valence-electron chi connectivity index (χ3n) is 7.13. The number of rotatable bonds is 3. The molecule has 2 heterocycles. The number of fused-ring (bicyclic) bond motifs is 2. The Morgan fingerprint density at radius 2 is 1.77 bits per heavy atom. The molecule has 35 heavy (non-hydrogen) atoms. The Kier molecular flexibility index (Phi) is 9.09. The van der Waals surface area contributed by atoms with Crippen LogP contribution < -0.4 is 4.74 Å². The maximum Gasteiger partial charge on any atom is 0.272 e. The zero-order valence-electron chi connectivity index (χ0n) is 20.9. The summed E-state index contributed by atoms with van der Waals surface area (Å²) in [6.45, 7) is 4.32. The zero-order chi connectivity index (χ0) is 24.5. The molecule has 0 N–H and O–H groups in total. The zero-order valence-corrected chi connectivity index (χ0v) is 20.9. The van der Waals surface area contributed by atoms with E-state index in [2.05, 4.69) is 16.9 Å². The number of carbonyl (C=O) groups is 2. The van der Waals surface area contributed by atoms with Crippen molar-refractivity contribution in [2.24, 2.45) is 0 Å². The highest BCUT2D eigenvalue weighted by Crippen LogP contribution is 2.31. The standard InChI is InChI=1S/C28H38N4O3/c1-2-18-31-19-10-4-3-5-11-20-32(28(34)23-16-17-29-21-30-23)24-13-7-9-15-26(24)35-25-14-8-6-12-22(25)27(31)33/h6,8,12,14,16-17,21,24,26H,2-5,7,9-11,13,15,18-20H2,1H3/t24-,26+/m1/s1. The van der Waals surface area contributed by atoms with Crippen molar-refractivity contribution in [2.75, 3.05) is 19.6 Å². The first-order valence-corrected chi connectivity index (χ1v) is 13.3. The summed E-state index contributed by atoms with van der Waals surface area (Å²) in [5, 5.41) is 0. The Balaban J connectivity index is 1.66. The first kappa shape index (κ1) is 25.1. The van der Waals surface area contributed by atoms with Crippen LogP contribution in [0.1, 0.15) is 92.0 Å². The Morgan fingerprint density at radius 1 is 1.00 bits per heavy atom. The normalized spacial score (nSPS) is 22.3. The number of amides is 2. The molecule has 0 bridgehead atoms. The van der Waals surface area contributed by atoms with Gasteiger partial charge in [0.15, 0.2) is 0 Å². The molecule has 0 saturated heterocycles. The van der Waals surface area contributed by atoms with E-state index >= 15 is 0 Å². The molecule has 1 aliphatic carbocycles. The van der Waals surface area contributed by atoms with E-state index in [0.717, 1.165) is 77.3 Å². The quantitative estimate of drug-likeness (QED) is 0.612. The van der Waals surface area contributed by atoms with Crippen LogP contribution >= 0.6 is 0 Å². The van der Waals surface area contributed by atoms with Gasteiger partial charge in [0.25, 0.3) is 11.8 Å². The monoisotopic (exact) mass is 478 g/mol. The maximum absolute atomic E-state index is 13.6. The van der Waals surface area contributed by atoms with Crippen molar-refractivity contribution in [1.82, 2.24) is 19.8 Å². The summed E-state index contributed by atoms with van der Waals surface area (Å²) < 4.78 is 6.62. The van der Waals surface area contributed by atoms with E-state index in [4.69, 9.17) is 4.74 Å². The van der Waals surface area contributed by atoms with Crippen molar-refractivity contribution < 1.29 is 14.3 Å². The van der Waals surface area contributed by atoms with Crippen molar-refractivity contribution in [3.8, 4) is 5.75 Å². The average Bonchev–Trinajstić information content (AvgIpc) is 2.90. The van der Waals surface area contributed by atoms with E-state index in [9.17, 15) is 9.59 Å². The van der Waals surface area contributed by atoms with Gasteiger partial charge in [-0.25, -0.2) is 9.97 Å². The highest BCUT2D eigenvalue weighted by atomic mass is 16.5. The van der Waals surface area contributed by atoms with Gasteiger partial charge in [0.2, 0.25) is 0 Å². The van der Waals surface area contributed by atoms with E-state index < -0.39 is 0 Å². The summed E-state index contributed by atoms with van der Waals surface area (Å²) in [6.07, 6.45) is 12.9. The van der Waals surface area contributed by atoms with Gasteiger partial charge in [0, 0.05) is 25.8 Å². The Labute approximate surface area is 208 Å². The van der Waals surface area contributed by atoms with Crippen LogP contribution in [0.5, 0.6) is 5.75 Å². The minimum Gasteiger partial charge on any atom is -0.487 e. The molecule has 7 nitrogen and oxygen atoms in total. The van der Waals surface area contributed by atoms with Crippen molar-refractivity contribution >= 4 is 11.8 Å². The molecule has 0 spiro atoms. The smallest absolute Gasteiger partial charge is 0.272 e. The van der Waals surface area contributed by atoms with Crippen LogP contribution in [0.4, 0.5) is 0 Å². The average molecular weight is 479 g/mol. The van der Waals surface area contributed by atoms with Gasteiger partial charge in [-0.2, -0.15) is 0 Å². The summed E-state index contributed by atoms with van der Waals surface area (Å²) in [7, 11) is 0. The molecule has 2 aromatic rings. The van der Waals surface area contributed by atoms with Crippen LogP contribution in [0.15, 0.2) is 42.9 Å². The molecular formula is C28H38N4O3. The lowest BCUT2D eigenvalue weighted by atomic mass is 9.90. The topological polar surface area (TPSA) is 75.6 Å². The van der Waals surface area contributed by atoms with Crippen LogP contribution in [-0.2, 0) is 0 Å². The lowest BCUT2D eigenvalue weighted by molar-refractivity contribution is 0.0266. The second-order valence-electron chi connectivity index (χ2n) is 9.66. The molecule has 1 aliphatic heterocycles. The predicted octanol–water partition coefficient (Wildman–Crippen LogP) is 5.13. The van der Waals surface area contributed by atoms with E-state index in [1.165, 1.54) is 6.33 Å². The summed E-state index contributed by atoms with van der Waals surface area (Å²) in [5.41, 5.74) is 1.04. The molecule has 7 heteroatoms. The number of para-hydroxylation sites is 1. The molecule has 4 rings (SSSR count). The number of nitrogens with zero attached hydrogens (tertiary/aromatic N) is 4. The van der Waals surface area contributed by atoms with Crippen molar-refractivity contribution in [1.29, 1.82) is 0 Å². The fourth-order valence-corrected chi connectivity index (χ4v) is 5.33. The van der Waals surface area contributed by atoms with Crippen LogP contribution in [0, 0.1) is 0 Å². The lowest BCUT2D eigenvalue weighted by Gasteiger charge is -2.40. The van der Waals surface area contributed by atoms with Gasteiger partial charge in [0.05, 0.1) is 11.6 Å². The molecule has 1 saturated carbocycles. The predicted molar refractivity (Wildman–Crippen MR) is 135 cm³/mol. The molecule has 1 aromatic carbocycles. The Hall–Kier alpha value is -2.96. The maximum atomic E-state index is 13.6. The minimum atomic E-state index is -0.159. The van der Waals surface area contributed by atoms with E-state index in [0.29, 0.717) is 23.6 Å². The molecule has 2 aliphatic rings. The summed E-state index contributed by atoms with van der Waals surface area (Å²) >= 11 is 0. The van der Waals surface area contributed by atoms with Gasteiger partial charge < -0.3 is 14.5 Å². The van der Waals surface area contributed by atoms with Crippen molar-refractivity contribution in [3.05, 3.63) is 54.1 Å². The van der Waals surface area contributed by atoms with Gasteiger partial charge in [-0.05, 0) is 56.7 Å². The second kappa shape index (κ2) is 12.7. The van der Waals surface area contributed by atoms with Crippen LogP contribution in [-0.4, -0.2) is 63.4 Å². The lowest BCUT2D eigenvalue weighted by Crippen LogP contribution is -2.51. The van der Waals surface area contributed by atoms with Crippen LogP contribution in [0.2, 0.25) is 0 Å². The number of aromatic nitrogens is 2. The van der Waals surface area contributed by atoms with Crippen molar-refractivity contribution in [3.63, 3.8) is 0 Å². The highest BCUT2D eigenvalue weighted by Gasteiger charge is 2.36.